The van der Waals surface area contributed by atoms with Crippen LogP contribution in [-0.4, -0.2) is 21.2 Å². The number of ether oxygens (including phenoxy) is 2. The molecule has 0 spiro atoms. The normalized spacial score (nSPS) is 11.3. The number of aryl methyl sites for hydroxylation is 1. The Balaban J connectivity index is 3.36. The highest BCUT2D eigenvalue weighted by Gasteiger charge is 2.30. The number of benzene rings is 1. The molecule has 0 unspecified atom stereocenters. The molecule has 0 amide bonds. The molecular weight excluding hydrogens is 208 g/mol. The van der Waals surface area contributed by atoms with Crippen molar-refractivity contribution in [2.45, 2.75) is 6.92 Å². The van der Waals surface area contributed by atoms with Gasteiger partial charge in [0.15, 0.2) is 0 Å². The first kappa shape index (κ1) is 11.7. The summed E-state index contributed by atoms with van der Waals surface area (Å²) in [4.78, 5) is 0. The Hall–Kier alpha value is -1.33. The molecule has 0 aliphatic carbocycles. The molecule has 15 heavy (non-hydrogen) atoms. The molecule has 0 fully saturated rings. The molecule has 0 heterocycles. The van der Waals surface area contributed by atoms with E-state index in [9.17, 15) is 12.9 Å². The van der Waals surface area contributed by atoms with Crippen LogP contribution < -0.4 is 14.9 Å². The average Bonchev–Trinajstić information content (AvgIpc) is 2.15. The Labute approximate surface area is 86.1 Å². The van der Waals surface area contributed by atoms with Gasteiger partial charge in [0.05, 0.1) is 20.0 Å². The molecule has 1 aromatic rings. The van der Waals surface area contributed by atoms with Crippen molar-refractivity contribution >= 4 is 12.4 Å². The van der Waals surface area contributed by atoms with Gasteiger partial charge < -0.3 is 22.4 Å². The maximum Gasteiger partial charge on any atom is 0.513 e. The summed E-state index contributed by atoms with van der Waals surface area (Å²) in [6.07, 6.45) is 0. The van der Waals surface area contributed by atoms with E-state index in [-0.39, 0.29) is 11.5 Å². The van der Waals surface area contributed by atoms with Gasteiger partial charge in [-0.05, 0) is 24.6 Å². The lowest BCUT2D eigenvalue weighted by Crippen LogP contribution is -2.35. The van der Waals surface area contributed by atoms with Crippen molar-refractivity contribution in [2.24, 2.45) is 0 Å². The topological polar surface area (TPSA) is 18.5 Å². The summed E-state index contributed by atoms with van der Waals surface area (Å²) in [5.74, 6) is 0.0470. The van der Waals surface area contributed by atoms with Crippen molar-refractivity contribution in [1.29, 1.82) is 0 Å². The molecule has 0 saturated heterocycles. The van der Waals surface area contributed by atoms with Gasteiger partial charge in [0, 0.05) is 0 Å². The second kappa shape index (κ2) is 4.04. The van der Waals surface area contributed by atoms with Gasteiger partial charge in [-0.3, -0.25) is 0 Å². The molecule has 0 bridgehead atoms. The van der Waals surface area contributed by atoms with E-state index in [1.54, 1.807) is 6.92 Å². The predicted octanol–water partition coefficient (Wildman–Crippen LogP) is 2.07. The van der Waals surface area contributed by atoms with Crippen LogP contribution in [0, 0.1) is 6.92 Å². The summed E-state index contributed by atoms with van der Waals surface area (Å²) >= 11 is 0. The Morgan fingerprint density at radius 1 is 1.00 bits per heavy atom. The summed E-state index contributed by atoms with van der Waals surface area (Å²) in [6.45, 7) is -3.42. The second-order valence-electron chi connectivity index (χ2n) is 3.14. The van der Waals surface area contributed by atoms with Crippen LogP contribution in [0.4, 0.5) is 12.9 Å². The van der Waals surface area contributed by atoms with Gasteiger partial charge >= 0.3 is 6.98 Å². The molecule has 1 rings (SSSR count). The molecule has 0 saturated carbocycles. The third-order valence-corrected chi connectivity index (χ3v) is 2.10. The van der Waals surface area contributed by atoms with Gasteiger partial charge in [0.1, 0.15) is 5.75 Å². The number of methoxy groups -OCH3 is 2. The fourth-order valence-corrected chi connectivity index (χ4v) is 1.33. The van der Waals surface area contributed by atoms with Gasteiger partial charge in [0.25, 0.3) is 0 Å². The maximum absolute atomic E-state index is 12.6. The lowest BCUT2D eigenvalue weighted by molar-refractivity contribution is 0.399. The van der Waals surface area contributed by atoms with Gasteiger partial charge in [-0.25, -0.2) is 0 Å². The van der Waals surface area contributed by atoms with Gasteiger partial charge in [0.2, 0.25) is 0 Å². The molecule has 0 N–H and O–H groups in total. The molecule has 1 aromatic carbocycles. The Kier molecular flexibility index (Phi) is 3.17. The molecule has 0 aliphatic heterocycles. The van der Waals surface area contributed by atoms with Crippen LogP contribution >= 0.6 is 0 Å². The molecular formula is C9H11BF3O2-. The maximum atomic E-state index is 12.6. The van der Waals surface area contributed by atoms with Gasteiger partial charge in [-0.2, -0.15) is 0 Å². The first-order valence-corrected chi connectivity index (χ1v) is 4.32. The number of rotatable bonds is 3. The van der Waals surface area contributed by atoms with Crippen LogP contribution in [-0.2, 0) is 0 Å². The van der Waals surface area contributed by atoms with E-state index < -0.39 is 12.4 Å². The van der Waals surface area contributed by atoms with Crippen molar-refractivity contribution in [3.63, 3.8) is 0 Å². The highest BCUT2D eigenvalue weighted by Crippen LogP contribution is 2.25. The first-order valence-electron chi connectivity index (χ1n) is 4.32. The molecule has 6 heteroatoms. The fraction of sp³-hybridized carbons (Fsp3) is 0.333. The van der Waals surface area contributed by atoms with Crippen molar-refractivity contribution in [2.75, 3.05) is 14.2 Å². The van der Waals surface area contributed by atoms with Gasteiger partial charge in [-0.15, -0.1) is 0 Å². The summed E-state index contributed by atoms with van der Waals surface area (Å²) in [7, 11) is 2.55. The lowest BCUT2D eigenvalue weighted by Gasteiger charge is -2.20. The number of hydrogen-bond acceptors (Lipinski definition) is 2. The van der Waals surface area contributed by atoms with Crippen LogP contribution in [0.5, 0.6) is 11.5 Å². The van der Waals surface area contributed by atoms with E-state index in [2.05, 4.69) is 0 Å². The van der Waals surface area contributed by atoms with E-state index in [0.717, 1.165) is 6.07 Å². The molecule has 0 aliphatic rings. The number of halogens is 3. The zero-order chi connectivity index (χ0) is 11.6. The third kappa shape index (κ3) is 2.37. The highest BCUT2D eigenvalue weighted by molar-refractivity contribution is 6.74. The summed E-state index contributed by atoms with van der Waals surface area (Å²) < 4.78 is 47.4. The smallest absolute Gasteiger partial charge is 0.500 e. The quantitative estimate of drug-likeness (QED) is 0.724. The van der Waals surface area contributed by atoms with Crippen molar-refractivity contribution in [1.82, 2.24) is 0 Å². The molecule has 2 nitrogen and oxygen atoms in total. The Morgan fingerprint density at radius 2 is 1.53 bits per heavy atom. The zero-order valence-electron chi connectivity index (χ0n) is 8.68. The van der Waals surface area contributed by atoms with Crippen LogP contribution in [0.3, 0.4) is 0 Å². The van der Waals surface area contributed by atoms with E-state index >= 15 is 0 Å². The standard InChI is InChI=1S/C9H11BF3O2/c1-6-4-9(15-3)7(10(11,12)13)5-8(6)14-2/h4-5H,1-3H3/q-1. The van der Waals surface area contributed by atoms with Crippen molar-refractivity contribution in [3.8, 4) is 11.5 Å². The van der Waals surface area contributed by atoms with Crippen molar-refractivity contribution < 1.29 is 22.4 Å². The minimum atomic E-state index is -5.08. The SMILES string of the molecule is COc1cc([B-](F)(F)F)c(OC)cc1C. The predicted molar refractivity (Wildman–Crippen MR) is 53.0 cm³/mol. The van der Waals surface area contributed by atoms with Crippen molar-refractivity contribution in [3.05, 3.63) is 17.7 Å². The second-order valence-corrected chi connectivity index (χ2v) is 3.14. The molecule has 84 valence electrons. The monoisotopic (exact) mass is 219 g/mol. The van der Waals surface area contributed by atoms with E-state index in [1.807, 2.05) is 0 Å². The van der Waals surface area contributed by atoms with E-state index in [0.29, 0.717) is 5.56 Å². The minimum absolute atomic E-state index is 0.166. The lowest BCUT2D eigenvalue weighted by atomic mass is 9.78. The van der Waals surface area contributed by atoms with Crippen LogP contribution in [0.1, 0.15) is 5.56 Å². The summed E-state index contributed by atoms with van der Waals surface area (Å²) in [5, 5.41) is 0. The molecule has 0 aromatic heterocycles. The van der Waals surface area contributed by atoms with Gasteiger partial charge in [-0.1, -0.05) is 5.46 Å². The average molecular weight is 219 g/mol. The third-order valence-electron chi connectivity index (χ3n) is 2.10. The van der Waals surface area contributed by atoms with E-state index in [1.165, 1.54) is 20.3 Å². The van der Waals surface area contributed by atoms with Crippen LogP contribution in [0.25, 0.3) is 0 Å². The number of hydrogen-bond donors (Lipinski definition) is 0. The summed E-state index contributed by atoms with van der Waals surface area (Å²) in [6, 6.07) is 2.29. The highest BCUT2D eigenvalue weighted by atomic mass is 19.4. The first-order chi connectivity index (χ1) is 6.90. The Bertz CT molecular complexity index is 363. The summed E-state index contributed by atoms with van der Waals surface area (Å²) in [5.41, 5.74) is -0.155. The molecule has 0 radical (unpaired) electrons. The Morgan fingerprint density at radius 3 is 1.93 bits per heavy atom. The zero-order valence-corrected chi connectivity index (χ0v) is 8.68. The van der Waals surface area contributed by atoms with Crippen LogP contribution in [0.2, 0.25) is 0 Å². The minimum Gasteiger partial charge on any atom is -0.500 e. The fourth-order valence-electron chi connectivity index (χ4n) is 1.33. The van der Waals surface area contributed by atoms with E-state index in [4.69, 9.17) is 9.47 Å². The largest absolute Gasteiger partial charge is 0.513 e. The van der Waals surface area contributed by atoms with Crippen LogP contribution in [0.15, 0.2) is 12.1 Å². The molecule has 0 atom stereocenters.